The average molecular weight is 1030 g/mol. The summed E-state index contributed by atoms with van der Waals surface area (Å²) in [5.74, 6) is -3.19. The first kappa shape index (κ1) is 56.8. The molecule has 0 amide bonds. The number of aromatic nitrogens is 2. The number of H-pyrrole nitrogens is 2. The van der Waals surface area contributed by atoms with Gasteiger partial charge in [-0.2, -0.15) is 0 Å². The highest BCUT2D eigenvalue weighted by molar-refractivity contribution is 6.63. The quantitative estimate of drug-likeness (QED) is 0.0237. The molecule has 2 aromatic heterocycles. The van der Waals surface area contributed by atoms with Gasteiger partial charge in [0, 0.05) is 113 Å². The third-order valence-electron chi connectivity index (χ3n) is 20.2. The van der Waals surface area contributed by atoms with Crippen LogP contribution in [0.15, 0.2) is 30.6 Å². The van der Waals surface area contributed by atoms with Crippen molar-refractivity contribution in [1.29, 1.82) is 0 Å². The molecule has 0 fully saturated rings. The van der Waals surface area contributed by atoms with Crippen molar-refractivity contribution in [2.75, 3.05) is 11.9 Å². The van der Waals surface area contributed by atoms with Gasteiger partial charge in [-0.1, -0.05) is 118 Å². The van der Waals surface area contributed by atoms with Crippen LogP contribution in [0.3, 0.4) is 0 Å². The lowest BCUT2D eigenvalue weighted by molar-refractivity contribution is -0.131. The van der Waals surface area contributed by atoms with Crippen LogP contribution in [0.25, 0.3) is 22.0 Å². The van der Waals surface area contributed by atoms with Gasteiger partial charge in [0.25, 0.3) is 0 Å². The van der Waals surface area contributed by atoms with E-state index >= 15 is 0 Å². The fourth-order valence-corrected chi connectivity index (χ4v) is 14.5. The smallest absolute Gasteiger partial charge is 0.231 e. The molecule has 0 radical (unpaired) electrons. The fourth-order valence-electron chi connectivity index (χ4n) is 14.5. The van der Waals surface area contributed by atoms with Crippen LogP contribution < -0.4 is 27.4 Å². The van der Waals surface area contributed by atoms with Crippen molar-refractivity contribution >= 4 is 39.3 Å². The number of nitrogens with two attached hydrogens (primary N) is 2. The van der Waals surface area contributed by atoms with E-state index in [-0.39, 0.29) is 41.7 Å². The lowest BCUT2D eigenvalue weighted by Gasteiger charge is -2.50. The first-order valence-corrected chi connectivity index (χ1v) is 27.3. The number of Topliss-reactive ketones (excluding diaryl/α,β-unsaturated/α-hetero) is 2. The van der Waals surface area contributed by atoms with E-state index in [4.69, 9.17) is 11.5 Å². The summed E-state index contributed by atoms with van der Waals surface area (Å²) in [5.41, 5.74) is 11.9. The Kier molecular flexibility index (Phi) is 14.1. The van der Waals surface area contributed by atoms with Crippen LogP contribution >= 0.6 is 0 Å². The molecule has 0 bridgehead atoms. The van der Waals surface area contributed by atoms with E-state index < -0.39 is 60.8 Å². The van der Waals surface area contributed by atoms with Gasteiger partial charge in [0.1, 0.15) is 0 Å². The van der Waals surface area contributed by atoms with Crippen molar-refractivity contribution in [3.05, 3.63) is 85.7 Å². The summed E-state index contributed by atoms with van der Waals surface area (Å²) in [6.45, 7) is 33.9. The van der Waals surface area contributed by atoms with Crippen LogP contribution in [0.2, 0.25) is 0 Å². The number of ketones is 2. The van der Waals surface area contributed by atoms with E-state index in [9.17, 15) is 40.2 Å². The lowest BCUT2D eigenvalue weighted by atomic mass is 9.53. The molecule has 0 saturated carbocycles. The second kappa shape index (κ2) is 18.7. The monoisotopic (exact) mass is 1030 g/mol. The Labute approximate surface area is 443 Å². The molecule has 2 aliphatic rings. The van der Waals surface area contributed by atoms with Gasteiger partial charge in [0.15, 0.2) is 34.5 Å². The highest BCUT2D eigenvalue weighted by Crippen LogP contribution is 2.65. The standard InChI is InChI=1S/C62H87N5O8/c1-18-59(16,19-2)37-32(31-63)30-36(47(68)48(37)69)56(10,11)62(64,23-6)40-35-26-29-67-46(35)43(54(75)51(40)72)58(14,15)61(21-4,22-5)39-34-25-28-66-45(34)42(53(74)50(39)71)57(12,13)60(17,20-3)38-33-24-27-65-44(33)41(55(7,8)9)52(73)49(38)70/h24-25,27-28,30,65-69,71-72,74-75H,18-23,26,29,31,63-64H2,1-17H3. The Balaban J connectivity index is 1.46. The molecular formula is C62H87N5O8. The second-order valence-corrected chi connectivity index (χ2v) is 24.9. The first-order chi connectivity index (χ1) is 34.8. The van der Waals surface area contributed by atoms with Crippen molar-refractivity contribution in [2.24, 2.45) is 22.3 Å². The molecular weight excluding hydrogens is 943 g/mol. The molecule has 13 heteroatoms. The number of aromatic hydroxyl groups is 6. The Morgan fingerprint density at radius 3 is 1.64 bits per heavy atom. The molecule has 3 heterocycles. The summed E-state index contributed by atoms with van der Waals surface area (Å²) in [5, 5.41) is 80.8. The summed E-state index contributed by atoms with van der Waals surface area (Å²) in [6.07, 6.45) is 6.84. The van der Waals surface area contributed by atoms with Gasteiger partial charge >= 0.3 is 0 Å². The predicted octanol–water partition coefficient (Wildman–Crippen LogP) is 10.7. The summed E-state index contributed by atoms with van der Waals surface area (Å²) >= 11 is 0. The molecule has 3 aromatic carbocycles. The van der Waals surface area contributed by atoms with Crippen LogP contribution in [-0.2, 0) is 55.2 Å². The molecule has 0 spiro atoms. The normalized spacial score (nSPS) is 16.6. The third kappa shape index (κ3) is 7.50. The number of nitrogens with one attached hydrogen (secondary N) is 3. The summed E-state index contributed by atoms with van der Waals surface area (Å²) < 4.78 is 0. The Bertz CT molecular complexity index is 3260. The van der Waals surface area contributed by atoms with Gasteiger partial charge in [-0.25, -0.2) is 0 Å². The van der Waals surface area contributed by atoms with Crippen LogP contribution in [0.1, 0.15) is 201 Å². The third-order valence-corrected chi connectivity index (χ3v) is 20.2. The van der Waals surface area contributed by atoms with Crippen molar-refractivity contribution in [3.63, 3.8) is 0 Å². The molecule has 7 rings (SSSR count). The van der Waals surface area contributed by atoms with Crippen LogP contribution in [0.4, 0.5) is 5.69 Å². The highest BCUT2D eigenvalue weighted by Gasteiger charge is 2.57. The minimum atomic E-state index is -1.45. The molecule has 0 saturated heterocycles. The summed E-state index contributed by atoms with van der Waals surface area (Å²) in [6, 6.07) is 5.57. The largest absolute Gasteiger partial charge is 0.504 e. The minimum absolute atomic E-state index is 0.105. The van der Waals surface area contributed by atoms with Gasteiger partial charge in [0.2, 0.25) is 11.6 Å². The molecule has 75 heavy (non-hydrogen) atoms. The van der Waals surface area contributed by atoms with Gasteiger partial charge in [0.05, 0.1) is 16.4 Å². The van der Waals surface area contributed by atoms with Gasteiger partial charge in [-0.05, 0) is 85.1 Å². The van der Waals surface area contributed by atoms with Crippen molar-refractivity contribution < 1.29 is 40.2 Å². The number of phenolic OH excluding ortho intramolecular Hbond substituents is 6. The van der Waals surface area contributed by atoms with E-state index in [2.05, 4.69) is 15.3 Å². The summed E-state index contributed by atoms with van der Waals surface area (Å²) in [7, 11) is 0. The molecule has 1 aliphatic heterocycles. The number of benzene rings is 3. The molecule has 13 N–H and O–H groups in total. The van der Waals surface area contributed by atoms with Gasteiger partial charge in [-0.3, -0.25) is 9.59 Å². The second-order valence-electron chi connectivity index (χ2n) is 24.9. The SMILES string of the molecule is CCC(C)(CC)c1c(CN)cc(C(C)(C)C(N)(CC)c2c(O)c(O)c(C(C)(C)C(CC)(CC)c3c(O)c(O)c(C(C)(C)C(C)(CC)C4=c5cc[nH]c5=C(C(C)(C)C)C(=O)C4=O)c4[nH]ccc34)c3c2CCN3)c(O)c1O. The summed E-state index contributed by atoms with van der Waals surface area (Å²) in [4.78, 5) is 35.5. The van der Waals surface area contributed by atoms with E-state index in [1.165, 1.54) is 0 Å². The number of anilines is 1. The maximum Gasteiger partial charge on any atom is 0.231 e. The Morgan fingerprint density at radius 1 is 0.573 bits per heavy atom. The average Bonchev–Trinajstić information content (AvgIpc) is 4.15. The number of carbonyl (C=O) groups excluding carboxylic acids is 2. The molecule has 1 aliphatic carbocycles. The predicted molar refractivity (Wildman–Crippen MR) is 301 cm³/mol. The topological polar surface area (TPSA) is 251 Å². The maximum absolute atomic E-state index is 14.6. The molecule has 2 unspecified atom stereocenters. The van der Waals surface area contributed by atoms with Gasteiger partial charge in [-0.15, -0.1) is 0 Å². The molecule has 2 atom stereocenters. The number of hydrogen-bond donors (Lipinski definition) is 11. The Hall–Kier alpha value is -5.92. The number of fused-ring (bicyclic) bond motifs is 3. The number of hydrogen-bond acceptors (Lipinski definition) is 11. The number of aromatic amines is 2. The maximum atomic E-state index is 14.6. The molecule has 408 valence electrons. The fraction of sp³-hybridized carbons (Fsp3) is 0.548. The first-order valence-electron chi connectivity index (χ1n) is 27.3. The van der Waals surface area contributed by atoms with Crippen LogP contribution in [-0.4, -0.2) is 58.7 Å². The number of phenols is 6. The van der Waals surface area contributed by atoms with Gasteiger partial charge < -0.3 is 57.4 Å². The van der Waals surface area contributed by atoms with Crippen LogP contribution in [0, 0.1) is 10.8 Å². The Morgan fingerprint density at radius 2 is 1.11 bits per heavy atom. The minimum Gasteiger partial charge on any atom is -0.504 e. The highest BCUT2D eigenvalue weighted by atomic mass is 16.3. The van der Waals surface area contributed by atoms with Crippen molar-refractivity contribution in [1.82, 2.24) is 9.97 Å². The molecule has 13 nitrogen and oxygen atoms in total. The van der Waals surface area contributed by atoms with E-state index in [0.717, 1.165) is 0 Å². The van der Waals surface area contributed by atoms with E-state index in [1.54, 1.807) is 12.4 Å². The van der Waals surface area contributed by atoms with E-state index in [1.807, 2.05) is 136 Å². The van der Waals surface area contributed by atoms with Crippen molar-refractivity contribution in [2.45, 2.75) is 202 Å². The zero-order chi connectivity index (χ0) is 56.3. The van der Waals surface area contributed by atoms with E-state index in [0.29, 0.717) is 128 Å². The van der Waals surface area contributed by atoms with Crippen LogP contribution in [0.5, 0.6) is 34.5 Å². The number of rotatable bonds is 17. The zero-order valence-corrected chi connectivity index (χ0v) is 47.9. The van der Waals surface area contributed by atoms with Crippen molar-refractivity contribution in [3.8, 4) is 34.5 Å². The number of carbonyl (C=O) groups is 2. The lowest BCUT2D eigenvalue weighted by Crippen LogP contribution is -2.53. The zero-order valence-electron chi connectivity index (χ0n) is 47.9. The molecule has 5 aromatic rings.